The molecule has 0 aliphatic carbocycles. The molecular formula is C8H17NO2. The fourth-order valence-corrected chi connectivity index (χ4v) is 1.21. The second-order valence-electron chi connectivity index (χ2n) is 3.75. The van der Waals surface area contributed by atoms with Crippen molar-refractivity contribution in [3.63, 3.8) is 0 Å². The maximum absolute atomic E-state index is 10.4. The molecule has 0 bridgehead atoms. The number of aliphatic carboxylic acids is 1. The molecule has 0 amide bonds. The van der Waals surface area contributed by atoms with Gasteiger partial charge in [-0.25, -0.2) is 0 Å². The summed E-state index contributed by atoms with van der Waals surface area (Å²) in [5, 5.41) is 11.7. The van der Waals surface area contributed by atoms with Crippen molar-refractivity contribution in [3.8, 4) is 0 Å². The number of carboxylic acids is 1. The summed E-state index contributed by atoms with van der Waals surface area (Å²) in [6, 6.07) is 0.323. The van der Waals surface area contributed by atoms with E-state index in [-0.39, 0.29) is 12.0 Å². The highest BCUT2D eigenvalue weighted by atomic mass is 16.4. The Morgan fingerprint density at radius 2 is 2.00 bits per heavy atom. The van der Waals surface area contributed by atoms with Crippen molar-refractivity contribution in [2.75, 3.05) is 0 Å². The Balaban J connectivity index is 3.89. The minimum Gasteiger partial charge on any atom is -0.481 e. The average Bonchev–Trinajstić information content (AvgIpc) is 1.53. The van der Waals surface area contributed by atoms with Crippen molar-refractivity contribution in [3.05, 3.63) is 0 Å². The highest BCUT2D eigenvalue weighted by molar-refractivity contribution is 5.68. The third-order valence-corrected chi connectivity index (χ3v) is 1.27. The van der Waals surface area contributed by atoms with Gasteiger partial charge in [0.15, 0.2) is 0 Å². The van der Waals surface area contributed by atoms with Gasteiger partial charge in [-0.3, -0.25) is 4.79 Å². The normalized spacial score (nSPS) is 12.1. The number of hydrogen-bond donors (Lipinski definition) is 2. The van der Waals surface area contributed by atoms with Crippen LogP contribution in [0.5, 0.6) is 0 Å². The van der Waals surface area contributed by atoms with Gasteiger partial charge in [-0.1, -0.05) is 13.8 Å². The van der Waals surface area contributed by atoms with E-state index >= 15 is 0 Å². The van der Waals surface area contributed by atoms with Gasteiger partial charge >= 0.3 is 5.97 Å². The Morgan fingerprint density at radius 3 is 2.27 bits per heavy atom. The van der Waals surface area contributed by atoms with E-state index in [4.69, 9.17) is 5.11 Å². The van der Waals surface area contributed by atoms with Gasteiger partial charge in [-0.05, 0) is 13.8 Å². The Morgan fingerprint density at radius 1 is 1.55 bits per heavy atom. The standard InChI is InChI=1S/C8H17NO2/c1-6(2)9-8(3,4)5-7(10)11/h6,9H,5H2,1-4H3,(H,10,11). The number of carboxylic acid groups (broad SMARTS) is 1. The van der Waals surface area contributed by atoms with E-state index < -0.39 is 5.97 Å². The van der Waals surface area contributed by atoms with Gasteiger partial charge in [0, 0.05) is 11.6 Å². The first-order valence-electron chi connectivity index (χ1n) is 3.83. The maximum Gasteiger partial charge on any atom is 0.305 e. The van der Waals surface area contributed by atoms with Crippen LogP contribution in [0, 0.1) is 0 Å². The lowest BCUT2D eigenvalue weighted by Gasteiger charge is -2.26. The lowest BCUT2D eigenvalue weighted by Crippen LogP contribution is -2.44. The highest BCUT2D eigenvalue weighted by Crippen LogP contribution is 2.08. The lowest BCUT2D eigenvalue weighted by atomic mass is 10.00. The van der Waals surface area contributed by atoms with E-state index in [0.29, 0.717) is 6.04 Å². The molecule has 0 aromatic rings. The predicted octanol–water partition coefficient (Wildman–Crippen LogP) is 1.24. The van der Waals surface area contributed by atoms with Gasteiger partial charge in [0.05, 0.1) is 6.42 Å². The van der Waals surface area contributed by atoms with Crippen LogP contribution in [0.15, 0.2) is 0 Å². The monoisotopic (exact) mass is 159 g/mol. The van der Waals surface area contributed by atoms with Gasteiger partial charge < -0.3 is 10.4 Å². The summed E-state index contributed by atoms with van der Waals surface area (Å²) in [6.45, 7) is 7.79. The van der Waals surface area contributed by atoms with E-state index in [1.807, 2.05) is 27.7 Å². The van der Waals surface area contributed by atoms with Crippen LogP contribution in [0.2, 0.25) is 0 Å². The Bertz CT molecular complexity index is 141. The fourth-order valence-electron chi connectivity index (χ4n) is 1.21. The predicted molar refractivity (Wildman–Crippen MR) is 44.6 cm³/mol. The molecule has 0 aromatic heterocycles. The number of carbonyl (C=O) groups is 1. The van der Waals surface area contributed by atoms with Gasteiger partial charge in [0.2, 0.25) is 0 Å². The van der Waals surface area contributed by atoms with Crippen LogP contribution in [0.25, 0.3) is 0 Å². The van der Waals surface area contributed by atoms with Crippen molar-refractivity contribution < 1.29 is 9.90 Å². The molecule has 0 radical (unpaired) electrons. The molecule has 0 saturated heterocycles. The molecule has 0 aliphatic heterocycles. The first-order chi connectivity index (χ1) is 4.83. The molecule has 11 heavy (non-hydrogen) atoms. The van der Waals surface area contributed by atoms with Crippen LogP contribution >= 0.6 is 0 Å². The van der Waals surface area contributed by atoms with Crippen LogP contribution in [-0.4, -0.2) is 22.7 Å². The van der Waals surface area contributed by atoms with E-state index in [9.17, 15) is 4.79 Å². The van der Waals surface area contributed by atoms with Gasteiger partial charge in [0.25, 0.3) is 0 Å². The second kappa shape index (κ2) is 3.72. The van der Waals surface area contributed by atoms with Crippen molar-refractivity contribution in [1.82, 2.24) is 5.32 Å². The average molecular weight is 159 g/mol. The van der Waals surface area contributed by atoms with Crippen molar-refractivity contribution in [1.29, 1.82) is 0 Å². The van der Waals surface area contributed by atoms with E-state index in [1.54, 1.807) is 0 Å². The Hall–Kier alpha value is -0.570. The Labute approximate surface area is 67.8 Å². The van der Waals surface area contributed by atoms with Crippen molar-refractivity contribution >= 4 is 5.97 Å². The number of rotatable bonds is 4. The second-order valence-corrected chi connectivity index (χ2v) is 3.75. The zero-order valence-corrected chi connectivity index (χ0v) is 7.64. The van der Waals surface area contributed by atoms with Crippen LogP contribution in [0.1, 0.15) is 34.1 Å². The van der Waals surface area contributed by atoms with Crippen LogP contribution in [-0.2, 0) is 4.79 Å². The Kier molecular flexibility index (Phi) is 3.52. The summed E-state index contributed by atoms with van der Waals surface area (Å²) in [6.07, 6.45) is 0.158. The third kappa shape index (κ3) is 5.85. The molecule has 0 unspecified atom stereocenters. The highest BCUT2D eigenvalue weighted by Gasteiger charge is 2.21. The van der Waals surface area contributed by atoms with Gasteiger partial charge in [-0.15, -0.1) is 0 Å². The molecule has 0 heterocycles. The molecule has 0 aliphatic rings. The molecule has 0 saturated carbocycles. The number of nitrogens with one attached hydrogen (secondary N) is 1. The SMILES string of the molecule is CC(C)NC(C)(C)CC(=O)O. The summed E-state index contributed by atoms with van der Waals surface area (Å²) >= 11 is 0. The molecule has 0 spiro atoms. The van der Waals surface area contributed by atoms with Gasteiger partial charge in [-0.2, -0.15) is 0 Å². The topological polar surface area (TPSA) is 49.3 Å². The molecule has 0 fully saturated rings. The summed E-state index contributed by atoms with van der Waals surface area (Å²) in [4.78, 5) is 10.4. The summed E-state index contributed by atoms with van der Waals surface area (Å²) in [5.74, 6) is -0.761. The first-order valence-corrected chi connectivity index (χ1v) is 3.83. The lowest BCUT2D eigenvalue weighted by molar-refractivity contribution is -0.138. The molecule has 0 aromatic carbocycles. The zero-order valence-electron chi connectivity index (χ0n) is 7.64. The smallest absolute Gasteiger partial charge is 0.305 e. The van der Waals surface area contributed by atoms with Crippen LogP contribution < -0.4 is 5.32 Å². The molecular weight excluding hydrogens is 142 g/mol. The molecule has 3 nitrogen and oxygen atoms in total. The van der Waals surface area contributed by atoms with Crippen LogP contribution in [0.3, 0.4) is 0 Å². The molecule has 0 atom stereocenters. The third-order valence-electron chi connectivity index (χ3n) is 1.27. The molecule has 3 heteroatoms. The quantitative estimate of drug-likeness (QED) is 0.648. The van der Waals surface area contributed by atoms with Crippen molar-refractivity contribution in [2.45, 2.75) is 45.7 Å². The first kappa shape index (κ1) is 10.4. The van der Waals surface area contributed by atoms with E-state index in [2.05, 4.69) is 5.32 Å². The van der Waals surface area contributed by atoms with Crippen molar-refractivity contribution in [2.24, 2.45) is 0 Å². The maximum atomic E-state index is 10.4. The molecule has 0 rings (SSSR count). The molecule has 66 valence electrons. The fraction of sp³-hybridized carbons (Fsp3) is 0.875. The summed E-state index contributed by atoms with van der Waals surface area (Å²) in [5.41, 5.74) is -0.306. The molecule has 2 N–H and O–H groups in total. The summed E-state index contributed by atoms with van der Waals surface area (Å²) < 4.78 is 0. The number of hydrogen-bond acceptors (Lipinski definition) is 2. The van der Waals surface area contributed by atoms with E-state index in [1.165, 1.54) is 0 Å². The minimum absolute atomic E-state index is 0.158. The minimum atomic E-state index is -0.761. The van der Waals surface area contributed by atoms with E-state index in [0.717, 1.165) is 0 Å². The largest absolute Gasteiger partial charge is 0.481 e. The zero-order chi connectivity index (χ0) is 9.07. The summed E-state index contributed by atoms with van der Waals surface area (Å²) in [7, 11) is 0. The van der Waals surface area contributed by atoms with Gasteiger partial charge in [0.1, 0.15) is 0 Å². The van der Waals surface area contributed by atoms with Crippen LogP contribution in [0.4, 0.5) is 0 Å².